The van der Waals surface area contributed by atoms with Crippen molar-refractivity contribution in [2.45, 2.75) is 26.8 Å². The first-order valence-corrected chi connectivity index (χ1v) is 8.87. The molecule has 3 rings (SSSR count). The zero-order valence-electron chi connectivity index (χ0n) is 13.7. The first-order valence-electron chi connectivity index (χ1n) is 7.99. The molecule has 23 heavy (non-hydrogen) atoms. The van der Waals surface area contributed by atoms with E-state index in [4.69, 9.17) is 0 Å². The van der Waals surface area contributed by atoms with E-state index in [0.717, 1.165) is 15.9 Å². The van der Waals surface area contributed by atoms with Crippen LogP contribution in [0.15, 0.2) is 47.8 Å². The third-order valence-electron chi connectivity index (χ3n) is 4.03. The predicted octanol–water partition coefficient (Wildman–Crippen LogP) is 4.70. The smallest absolute Gasteiger partial charge is 0.268 e. The number of carbonyl (C=O) groups excluding carboxylic acids is 1. The normalized spacial score (nSPS) is 12.7. The molecule has 1 amide bonds. The predicted molar refractivity (Wildman–Crippen MR) is 97.2 cm³/mol. The molecule has 2 aromatic heterocycles. The zero-order valence-corrected chi connectivity index (χ0v) is 14.6. The van der Waals surface area contributed by atoms with Gasteiger partial charge in [0, 0.05) is 6.54 Å². The summed E-state index contributed by atoms with van der Waals surface area (Å²) in [6, 6.07) is 14.5. The zero-order chi connectivity index (χ0) is 16.4. The van der Waals surface area contributed by atoms with Crippen molar-refractivity contribution in [3.63, 3.8) is 0 Å². The van der Waals surface area contributed by atoms with Gasteiger partial charge in [0.25, 0.3) is 5.91 Å². The fourth-order valence-electron chi connectivity index (χ4n) is 2.80. The van der Waals surface area contributed by atoms with Crippen LogP contribution in [0.3, 0.4) is 0 Å². The van der Waals surface area contributed by atoms with Crippen molar-refractivity contribution in [2.24, 2.45) is 5.92 Å². The molecule has 4 heteroatoms. The Hall–Kier alpha value is -2.07. The second-order valence-corrected chi connectivity index (χ2v) is 7.21. The average Bonchev–Trinajstić information content (AvgIpc) is 3.13. The van der Waals surface area contributed by atoms with Crippen LogP contribution in [0.5, 0.6) is 0 Å². The quantitative estimate of drug-likeness (QED) is 0.724. The van der Waals surface area contributed by atoms with Gasteiger partial charge in [-0.3, -0.25) is 4.79 Å². The van der Waals surface area contributed by atoms with Crippen molar-refractivity contribution in [1.82, 2.24) is 9.88 Å². The Balaban J connectivity index is 2.02. The third kappa shape index (κ3) is 3.17. The molecule has 2 heterocycles. The Morgan fingerprint density at radius 1 is 1.17 bits per heavy atom. The maximum Gasteiger partial charge on any atom is 0.268 e. The first kappa shape index (κ1) is 15.8. The molecule has 0 spiro atoms. The number of nitrogens with one attached hydrogen (secondary N) is 1. The van der Waals surface area contributed by atoms with Crippen LogP contribution in [0.2, 0.25) is 0 Å². The molecule has 3 nitrogen and oxygen atoms in total. The first-order chi connectivity index (χ1) is 11.1. The van der Waals surface area contributed by atoms with E-state index in [0.29, 0.717) is 12.5 Å². The highest BCUT2D eigenvalue weighted by molar-refractivity contribution is 7.17. The molecule has 1 atom stereocenters. The van der Waals surface area contributed by atoms with Crippen LogP contribution in [0.1, 0.15) is 42.9 Å². The average molecular weight is 326 g/mol. The second-order valence-electron chi connectivity index (χ2n) is 6.26. The van der Waals surface area contributed by atoms with E-state index < -0.39 is 0 Å². The lowest BCUT2D eigenvalue weighted by Gasteiger charge is -2.19. The largest absolute Gasteiger partial charge is 0.351 e. The summed E-state index contributed by atoms with van der Waals surface area (Å²) in [7, 11) is 0. The van der Waals surface area contributed by atoms with Crippen molar-refractivity contribution >= 4 is 27.5 Å². The molecule has 3 aromatic rings. The van der Waals surface area contributed by atoms with Crippen LogP contribution >= 0.6 is 11.3 Å². The number of benzene rings is 1. The highest BCUT2D eigenvalue weighted by Crippen LogP contribution is 2.31. The summed E-state index contributed by atoms with van der Waals surface area (Å²) in [6.07, 6.45) is 0. The molecule has 1 N–H and O–H groups in total. The fourth-order valence-corrected chi connectivity index (χ4v) is 3.62. The van der Waals surface area contributed by atoms with Gasteiger partial charge >= 0.3 is 0 Å². The molecule has 0 bridgehead atoms. The van der Waals surface area contributed by atoms with Crippen molar-refractivity contribution < 1.29 is 4.79 Å². The number of amides is 1. The summed E-state index contributed by atoms with van der Waals surface area (Å²) in [5, 5.41) is 5.12. The summed E-state index contributed by atoms with van der Waals surface area (Å²) in [6.45, 7) is 7.04. The van der Waals surface area contributed by atoms with E-state index in [2.05, 4.69) is 54.2 Å². The van der Waals surface area contributed by atoms with Crippen LogP contribution in [0.4, 0.5) is 0 Å². The molecule has 1 aromatic carbocycles. The molecule has 0 aliphatic carbocycles. The number of rotatable bonds is 5. The Labute approximate surface area is 140 Å². The Morgan fingerprint density at radius 3 is 2.61 bits per heavy atom. The maximum absolute atomic E-state index is 12.6. The second kappa shape index (κ2) is 6.59. The summed E-state index contributed by atoms with van der Waals surface area (Å²) >= 11 is 1.68. The van der Waals surface area contributed by atoms with Gasteiger partial charge in [-0.25, -0.2) is 0 Å². The van der Waals surface area contributed by atoms with E-state index in [9.17, 15) is 4.79 Å². The van der Waals surface area contributed by atoms with Gasteiger partial charge in [-0.05, 0) is 35.9 Å². The number of hydrogen-bond acceptors (Lipinski definition) is 2. The Bertz CT molecular complexity index is 801. The number of hydrogen-bond donors (Lipinski definition) is 1. The highest BCUT2D eigenvalue weighted by Gasteiger charge is 2.21. The van der Waals surface area contributed by atoms with Crippen LogP contribution in [-0.4, -0.2) is 17.0 Å². The van der Waals surface area contributed by atoms with Crippen LogP contribution in [0, 0.1) is 5.92 Å². The SMILES string of the molecule is CC(C)CNC(=O)c1cc2sccc2n1C(C)c1ccccc1. The summed E-state index contributed by atoms with van der Waals surface area (Å²) in [5.74, 6) is 0.444. The van der Waals surface area contributed by atoms with E-state index in [-0.39, 0.29) is 11.9 Å². The minimum Gasteiger partial charge on any atom is -0.351 e. The van der Waals surface area contributed by atoms with Gasteiger partial charge in [0.1, 0.15) is 5.69 Å². The number of fused-ring (bicyclic) bond motifs is 1. The third-order valence-corrected chi connectivity index (χ3v) is 4.89. The van der Waals surface area contributed by atoms with Crippen molar-refractivity contribution in [1.29, 1.82) is 0 Å². The highest BCUT2D eigenvalue weighted by atomic mass is 32.1. The van der Waals surface area contributed by atoms with Crippen LogP contribution in [0.25, 0.3) is 10.2 Å². The monoisotopic (exact) mass is 326 g/mol. The molecule has 0 radical (unpaired) electrons. The fraction of sp³-hybridized carbons (Fsp3) is 0.316. The molecule has 0 saturated heterocycles. The summed E-state index contributed by atoms with van der Waals surface area (Å²) in [4.78, 5) is 12.6. The lowest BCUT2D eigenvalue weighted by Crippen LogP contribution is -2.29. The van der Waals surface area contributed by atoms with Gasteiger partial charge in [0.05, 0.1) is 16.3 Å². The molecule has 0 fully saturated rings. The molecule has 120 valence electrons. The minimum atomic E-state index is 0.00452. The Kier molecular flexibility index (Phi) is 4.53. The number of aromatic nitrogens is 1. The molecular weight excluding hydrogens is 304 g/mol. The van der Waals surface area contributed by atoms with E-state index in [1.165, 1.54) is 5.56 Å². The number of thiophene rings is 1. The molecule has 0 saturated carbocycles. The van der Waals surface area contributed by atoms with Crippen molar-refractivity contribution in [2.75, 3.05) is 6.54 Å². The van der Waals surface area contributed by atoms with Crippen LogP contribution < -0.4 is 5.32 Å². The number of nitrogens with zero attached hydrogens (tertiary/aromatic N) is 1. The summed E-state index contributed by atoms with van der Waals surface area (Å²) in [5.41, 5.74) is 3.07. The lowest BCUT2D eigenvalue weighted by atomic mass is 10.1. The van der Waals surface area contributed by atoms with Gasteiger partial charge in [-0.15, -0.1) is 11.3 Å². The van der Waals surface area contributed by atoms with Gasteiger partial charge in [-0.1, -0.05) is 44.2 Å². The molecular formula is C19H22N2OS. The lowest BCUT2D eigenvalue weighted by molar-refractivity contribution is 0.0939. The van der Waals surface area contributed by atoms with E-state index >= 15 is 0 Å². The number of carbonyl (C=O) groups is 1. The molecule has 0 aliphatic rings. The topological polar surface area (TPSA) is 34.0 Å². The molecule has 1 unspecified atom stereocenters. The standard InChI is InChI=1S/C19H22N2OS/c1-13(2)12-20-19(22)17-11-18-16(9-10-23-18)21(17)14(3)15-7-5-4-6-8-15/h4-11,13-14H,12H2,1-3H3,(H,20,22). The van der Waals surface area contributed by atoms with E-state index in [1.807, 2.05) is 24.3 Å². The molecule has 0 aliphatic heterocycles. The minimum absolute atomic E-state index is 0.00452. The van der Waals surface area contributed by atoms with Gasteiger partial charge in [-0.2, -0.15) is 0 Å². The van der Waals surface area contributed by atoms with E-state index in [1.54, 1.807) is 11.3 Å². The van der Waals surface area contributed by atoms with Crippen molar-refractivity contribution in [3.8, 4) is 0 Å². The van der Waals surface area contributed by atoms with Crippen molar-refractivity contribution in [3.05, 3.63) is 59.1 Å². The van der Waals surface area contributed by atoms with Crippen LogP contribution in [-0.2, 0) is 0 Å². The van der Waals surface area contributed by atoms with Gasteiger partial charge < -0.3 is 9.88 Å². The van der Waals surface area contributed by atoms with Gasteiger partial charge in [0.15, 0.2) is 0 Å². The Morgan fingerprint density at radius 2 is 1.91 bits per heavy atom. The summed E-state index contributed by atoms with van der Waals surface area (Å²) < 4.78 is 3.30. The maximum atomic E-state index is 12.6. The van der Waals surface area contributed by atoms with Gasteiger partial charge in [0.2, 0.25) is 0 Å².